The van der Waals surface area contributed by atoms with E-state index < -0.39 is 23.9 Å². The molecule has 3 aromatic heterocycles. The molecule has 3 aromatic rings. The van der Waals surface area contributed by atoms with Gasteiger partial charge in [-0.05, 0) is 58.4 Å². The van der Waals surface area contributed by atoms with Crippen molar-refractivity contribution in [2.75, 3.05) is 7.05 Å². The summed E-state index contributed by atoms with van der Waals surface area (Å²) in [5.41, 5.74) is 0.866. The first-order valence-corrected chi connectivity index (χ1v) is 11.5. The molecule has 0 aromatic carbocycles. The van der Waals surface area contributed by atoms with Gasteiger partial charge in [0.05, 0.1) is 24.4 Å². The molecule has 0 saturated heterocycles. The van der Waals surface area contributed by atoms with Gasteiger partial charge in [-0.25, -0.2) is 9.78 Å². The SMILES string of the molecule is CNC(O)c1nn(CC2(n3cc(C)c4cccnc43)CCCC2)cc(OC(=O)OC(C)C)c1=O. The van der Waals surface area contributed by atoms with Gasteiger partial charge in [0.15, 0.2) is 11.9 Å². The highest BCUT2D eigenvalue weighted by Crippen LogP contribution is 2.41. The molecule has 0 aliphatic heterocycles. The zero-order valence-corrected chi connectivity index (χ0v) is 19.9. The van der Waals surface area contributed by atoms with Crippen LogP contribution >= 0.6 is 0 Å². The molecule has 1 unspecified atom stereocenters. The summed E-state index contributed by atoms with van der Waals surface area (Å²) in [5, 5.41) is 18.5. The van der Waals surface area contributed by atoms with Crippen molar-refractivity contribution < 1.29 is 19.4 Å². The van der Waals surface area contributed by atoms with E-state index in [1.54, 1.807) is 24.7 Å². The molecule has 0 radical (unpaired) electrons. The monoisotopic (exact) mass is 469 g/mol. The largest absolute Gasteiger partial charge is 0.514 e. The third-order valence-corrected chi connectivity index (χ3v) is 6.28. The van der Waals surface area contributed by atoms with Crippen LogP contribution in [0.25, 0.3) is 11.0 Å². The highest BCUT2D eigenvalue weighted by atomic mass is 16.7. The van der Waals surface area contributed by atoms with Gasteiger partial charge in [-0.1, -0.05) is 12.8 Å². The van der Waals surface area contributed by atoms with Gasteiger partial charge in [0.25, 0.3) is 0 Å². The number of aliphatic hydroxyl groups excluding tert-OH is 1. The fourth-order valence-electron chi connectivity index (χ4n) is 4.70. The van der Waals surface area contributed by atoms with Crippen LogP contribution in [-0.2, 0) is 16.8 Å². The van der Waals surface area contributed by atoms with Crippen molar-refractivity contribution >= 4 is 17.2 Å². The van der Waals surface area contributed by atoms with Crippen LogP contribution < -0.4 is 15.5 Å². The number of ether oxygens (including phenoxy) is 2. The fraction of sp³-hybridized carbons (Fsp3) is 0.500. The maximum atomic E-state index is 12.9. The molecular weight excluding hydrogens is 438 g/mol. The number of nitrogens with one attached hydrogen (secondary N) is 1. The standard InChI is InChI=1S/C24H31N5O5/c1-15(2)33-23(32)34-18-13-28(27-19(20(18)30)22(31)25-4)14-24(9-5-6-10-24)29-12-16(3)17-8-7-11-26-21(17)29/h7-8,11-13,15,22,25,31H,5-6,9-10,14H2,1-4H3. The van der Waals surface area contributed by atoms with Crippen LogP contribution in [0.1, 0.15) is 57.0 Å². The van der Waals surface area contributed by atoms with E-state index in [1.807, 2.05) is 6.07 Å². The second kappa shape index (κ2) is 9.55. The maximum absolute atomic E-state index is 12.9. The minimum atomic E-state index is -1.32. The second-order valence-electron chi connectivity index (χ2n) is 9.10. The van der Waals surface area contributed by atoms with Gasteiger partial charge >= 0.3 is 6.16 Å². The summed E-state index contributed by atoms with van der Waals surface area (Å²) in [6, 6.07) is 3.98. The number of nitrogens with zero attached hydrogens (tertiary/aromatic N) is 4. The topological polar surface area (TPSA) is 121 Å². The Morgan fingerprint density at radius 2 is 2.03 bits per heavy atom. The zero-order valence-electron chi connectivity index (χ0n) is 19.9. The number of aliphatic hydroxyl groups is 1. The summed E-state index contributed by atoms with van der Waals surface area (Å²) in [7, 11) is 1.51. The summed E-state index contributed by atoms with van der Waals surface area (Å²) < 4.78 is 14.0. The van der Waals surface area contributed by atoms with E-state index in [1.165, 1.54) is 13.2 Å². The lowest BCUT2D eigenvalue weighted by molar-refractivity contribution is 0.0716. The summed E-state index contributed by atoms with van der Waals surface area (Å²) in [4.78, 5) is 29.6. The van der Waals surface area contributed by atoms with Crippen LogP contribution in [0, 0.1) is 6.92 Å². The molecule has 1 saturated carbocycles. The molecule has 4 rings (SSSR count). The minimum Gasteiger partial charge on any atom is -0.431 e. The lowest BCUT2D eigenvalue weighted by atomic mass is 9.97. The normalized spacial score (nSPS) is 16.2. The molecule has 10 heteroatoms. The average molecular weight is 470 g/mol. The third kappa shape index (κ3) is 4.55. The Morgan fingerprint density at radius 3 is 2.71 bits per heavy atom. The maximum Gasteiger partial charge on any atom is 0.514 e. The molecule has 2 N–H and O–H groups in total. The molecule has 0 bridgehead atoms. The number of pyridine rings is 1. The molecular formula is C24H31N5O5. The van der Waals surface area contributed by atoms with Crippen LogP contribution in [0.2, 0.25) is 0 Å². The van der Waals surface area contributed by atoms with Crippen molar-refractivity contribution in [1.29, 1.82) is 0 Å². The van der Waals surface area contributed by atoms with E-state index in [0.29, 0.717) is 6.54 Å². The molecule has 1 atom stereocenters. The molecule has 182 valence electrons. The average Bonchev–Trinajstić information content (AvgIpc) is 3.40. The first-order chi connectivity index (χ1) is 16.2. The Labute approximate surface area is 197 Å². The van der Waals surface area contributed by atoms with Gasteiger partial charge in [-0.15, -0.1) is 0 Å². The molecule has 3 heterocycles. The first kappa shape index (κ1) is 23.9. The quantitative estimate of drug-likeness (QED) is 0.400. The number of carbonyl (C=O) groups is 1. The van der Waals surface area contributed by atoms with Crippen molar-refractivity contribution in [3.8, 4) is 5.75 Å². The minimum absolute atomic E-state index is 0.155. The summed E-state index contributed by atoms with van der Waals surface area (Å²) in [5.74, 6) is -0.246. The summed E-state index contributed by atoms with van der Waals surface area (Å²) >= 11 is 0. The number of aryl methyl sites for hydroxylation is 1. The van der Waals surface area contributed by atoms with Crippen molar-refractivity contribution in [2.24, 2.45) is 0 Å². The van der Waals surface area contributed by atoms with Crippen molar-refractivity contribution in [3.05, 3.63) is 52.2 Å². The summed E-state index contributed by atoms with van der Waals surface area (Å²) in [6.45, 7) is 5.84. The second-order valence-corrected chi connectivity index (χ2v) is 9.10. The van der Waals surface area contributed by atoms with Crippen molar-refractivity contribution in [2.45, 2.75) is 70.9 Å². The van der Waals surface area contributed by atoms with E-state index in [9.17, 15) is 14.7 Å². The predicted octanol–water partition coefficient (Wildman–Crippen LogP) is 3.01. The number of carbonyl (C=O) groups excluding carboxylic acids is 1. The smallest absolute Gasteiger partial charge is 0.431 e. The summed E-state index contributed by atoms with van der Waals surface area (Å²) in [6.07, 6.45) is 6.48. The van der Waals surface area contributed by atoms with Crippen molar-refractivity contribution in [3.63, 3.8) is 0 Å². The van der Waals surface area contributed by atoms with E-state index in [2.05, 4.69) is 39.2 Å². The molecule has 1 aliphatic rings. The van der Waals surface area contributed by atoms with Gasteiger partial charge in [0, 0.05) is 17.8 Å². The van der Waals surface area contributed by atoms with Crippen LogP contribution in [0.15, 0.2) is 35.5 Å². The number of hydrogen-bond donors (Lipinski definition) is 2. The van der Waals surface area contributed by atoms with E-state index >= 15 is 0 Å². The highest BCUT2D eigenvalue weighted by molar-refractivity contribution is 5.80. The molecule has 34 heavy (non-hydrogen) atoms. The van der Waals surface area contributed by atoms with Gasteiger partial charge < -0.3 is 19.1 Å². The first-order valence-electron chi connectivity index (χ1n) is 11.5. The Hall–Kier alpha value is -3.24. The number of hydrogen-bond acceptors (Lipinski definition) is 8. The number of aromatic nitrogens is 4. The Kier molecular flexibility index (Phi) is 6.72. The lowest BCUT2D eigenvalue weighted by Gasteiger charge is -2.32. The van der Waals surface area contributed by atoms with E-state index in [-0.39, 0.29) is 17.0 Å². The fourth-order valence-corrected chi connectivity index (χ4v) is 4.70. The van der Waals surface area contributed by atoms with Gasteiger partial charge in [0.1, 0.15) is 5.65 Å². The number of rotatable bonds is 7. The molecule has 10 nitrogen and oxygen atoms in total. The van der Waals surface area contributed by atoms with Gasteiger partial charge in [0.2, 0.25) is 11.2 Å². The molecule has 1 aliphatic carbocycles. The lowest BCUT2D eigenvalue weighted by Crippen LogP contribution is -2.37. The van der Waals surface area contributed by atoms with Crippen molar-refractivity contribution in [1.82, 2.24) is 24.6 Å². The van der Waals surface area contributed by atoms with E-state index in [4.69, 9.17) is 9.47 Å². The zero-order chi connectivity index (χ0) is 24.5. The van der Waals surface area contributed by atoms with E-state index in [0.717, 1.165) is 42.3 Å². The number of fused-ring (bicyclic) bond motifs is 1. The molecule has 0 amide bonds. The van der Waals surface area contributed by atoms with Gasteiger partial charge in [-0.3, -0.25) is 14.8 Å². The Balaban J connectivity index is 1.78. The Morgan fingerprint density at radius 1 is 1.29 bits per heavy atom. The molecule has 0 spiro atoms. The van der Waals surface area contributed by atoms with Crippen LogP contribution in [-0.4, -0.2) is 43.7 Å². The molecule has 1 fully saturated rings. The predicted molar refractivity (Wildman–Crippen MR) is 126 cm³/mol. The van der Waals surface area contributed by atoms with Crippen LogP contribution in [0.5, 0.6) is 5.75 Å². The Bertz CT molecular complexity index is 1240. The highest BCUT2D eigenvalue weighted by Gasteiger charge is 2.38. The van der Waals surface area contributed by atoms with Crippen LogP contribution in [0.3, 0.4) is 0 Å². The third-order valence-electron chi connectivity index (χ3n) is 6.28. The van der Waals surface area contributed by atoms with Crippen LogP contribution in [0.4, 0.5) is 4.79 Å². The van der Waals surface area contributed by atoms with Gasteiger partial charge in [-0.2, -0.15) is 5.10 Å².